The molecule has 0 saturated heterocycles. The van der Waals surface area contributed by atoms with Crippen molar-refractivity contribution in [2.24, 2.45) is 5.92 Å². The number of aromatic nitrogens is 4. The highest BCUT2D eigenvalue weighted by atomic mass is 32.2. The molecule has 1 aromatic heterocycles. The molecule has 1 heterocycles. The molecule has 134 valence electrons. The van der Waals surface area contributed by atoms with Crippen molar-refractivity contribution in [1.29, 1.82) is 0 Å². The normalized spacial score (nSPS) is 20.4. The van der Waals surface area contributed by atoms with Crippen LogP contribution < -0.4 is 0 Å². The summed E-state index contributed by atoms with van der Waals surface area (Å²) in [7, 11) is 1.93. The van der Waals surface area contributed by atoms with Crippen molar-refractivity contribution in [3.63, 3.8) is 0 Å². The van der Waals surface area contributed by atoms with E-state index in [1.54, 1.807) is 4.68 Å². The third kappa shape index (κ3) is 4.81. The highest BCUT2D eigenvalue weighted by molar-refractivity contribution is 7.99. The van der Waals surface area contributed by atoms with Crippen LogP contribution in [0.15, 0.2) is 35.5 Å². The van der Waals surface area contributed by atoms with Crippen LogP contribution in [0.5, 0.6) is 0 Å². The number of rotatable bonds is 6. The number of hydrogen-bond acceptors (Lipinski definition) is 5. The minimum absolute atomic E-state index is 0.152. The van der Waals surface area contributed by atoms with Crippen molar-refractivity contribution in [2.45, 2.75) is 50.4 Å². The van der Waals surface area contributed by atoms with E-state index < -0.39 is 0 Å². The molecule has 25 heavy (non-hydrogen) atoms. The number of hydrogen-bond donors (Lipinski definition) is 0. The quantitative estimate of drug-likeness (QED) is 0.742. The Morgan fingerprint density at radius 2 is 1.96 bits per heavy atom. The molecular weight excluding hydrogens is 334 g/mol. The van der Waals surface area contributed by atoms with Crippen LogP contribution in [0.1, 0.15) is 38.2 Å². The SMILES string of the molecule is CC1CCC(N(C)C(=O)CSc2nnnn2Cc2ccccc2)CC1. The molecule has 2 aromatic rings. The summed E-state index contributed by atoms with van der Waals surface area (Å²) in [4.78, 5) is 14.4. The molecule has 1 aliphatic rings. The van der Waals surface area contributed by atoms with Crippen LogP contribution in [0.2, 0.25) is 0 Å². The fraction of sp³-hybridized carbons (Fsp3) is 0.556. The standard InChI is InChI=1S/C18H25N5OS/c1-14-8-10-16(11-9-14)22(2)17(24)13-25-18-19-20-21-23(18)12-15-6-4-3-5-7-15/h3-7,14,16H,8-13H2,1-2H3. The molecular formula is C18H25N5OS. The van der Waals surface area contributed by atoms with Crippen LogP contribution in [0.25, 0.3) is 0 Å². The number of tetrazole rings is 1. The maximum atomic E-state index is 12.5. The first kappa shape index (κ1) is 17.9. The Hall–Kier alpha value is -1.89. The first-order valence-electron chi connectivity index (χ1n) is 8.82. The molecule has 1 fully saturated rings. The first-order valence-corrected chi connectivity index (χ1v) is 9.80. The van der Waals surface area contributed by atoms with Gasteiger partial charge < -0.3 is 4.90 Å². The van der Waals surface area contributed by atoms with E-state index in [4.69, 9.17) is 0 Å². The largest absolute Gasteiger partial charge is 0.342 e. The zero-order valence-electron chi connectivity index (χ0n) is 14.8. The molecule has 1 aliphatic carbocycles. The molecule has 0 bridgehead atoms. The van der Waals surface area contributed by atoms with Gasteiger partial charge in [-0.15, -0.1) is 5.10 Å². The Morgan fingerprint density at radius 1 is 1.24 bits per heavy atom. The molecule has 0 atom stereocenters. The lowest BCUT2D eigenvalue weighted by Gasteiger charge is -2.33. The molecule has 3 rings (SSSR count). The Balaban J connectivity index is 1.53. The van der Waals surface area contributed by atoms with Gasteiger partial charge in [-0.25, -0.2) is 4.68 Å². The van der Waals surface area contributed by atoms with Crippen LogP contribution in [-0.2, 0) is 11.3 Å². The van der Waals surface area contributed by atoms with E-state index in [9.17, 15) is 4.79 Å². The van der Waals surface area contributed by atoms with Gasteiger partial charge in [0, 0.05) is 13.1 Å². The highest BCUT2D eigenvalue weighted by Gasteiger charge is 2.25. The summed E-state index contributed by atoms with van der Waals surface area (Å²) in [6.45, 7) is 2.90. The van der Waals surface area contributed by atoms with E-state index in [0.29, 0.717) is 23.5 Å². The molecule has 0 N–H and O–H groups in total. The van der Waals surface area contributed by atoms with Gasteiger partial charge in [-0.05, 0) is 47.6 Å². The third-order valence-corrected chi connectivity index (χ3v) is 5.87. The predicted octanol–water partition coefficient (Wildman–Crippen LogP) is 2.85. The fourth-order valence-corrected chi connectivity index (χ4v) is 4.02. The molecule has 0 spiro atoms. The summed E-state index contributed by atoms with van der Waals surface area (Å²) in [5.74, 6) is 1.31. The molecule has 0 aliphatic heterocycles. The van der Waals surface area contributed by atoms with Gasteiger partial charge in [0.2, 0.25) is 11.1 Å². The van der Waals surface area contributed by atoms with Gasteiger partial charge in [-0.1, -0.05) is 49.0 Å². The second-order valence-electron chi connectivity index (χ2n) is 6.81. The summed E-state index contributed by atoms with van der Waals surface area (Å²) >= 11 is 1.41. The number of thioether (sulfide) groups is 1. The van der Waals surface area contributed by atoms with Crippen molar-refractivity contribution < 1.29 is 4.79 Å². The molecule has 7 heteroatoms. The van der Waals surface area contributed by atoms with E-state index in [1.165, 1.54) is 24.6 Å². The first-order chi connectivity index (χ1) is 12.1. The van der Waals surface area contributed by atoms with Gasteiger partial charge in [0.15, 0.2) is 0 Å². The van der Waals surface area contributed by atoms with Crippen molar-refractivity contribution in [1.82, 2.24) is 25.1 Å². The lowest BCUT2D eigenvalue weighted by atomic mass is 9.87. The minimum atomic E-state index is 0.152. The molecule has 1 amide bonds. The number of nitrogens with zero attached hydrogens (tertiary/aromatic N) is 5. The average molecular weight is 359 g/mol. The Bertz CT molecular complexity index is 682. The second-order valence-corrected chi connectivity index (χ2v) is 7.75. The minimum Gasteiger partial charge on any atom is -0.342 e. The van der Waals surface area contributed by atoms with E-state index in [1.807, 2.05) is 42.3 Å². The number of carbonyl (C=O) groups excluding carboxylic acids is 1. The van der Waals surface area contributed by atoms with Crippen LogP contribution >= 0.6 is 11.8 Å². The predicted molar refractivity (Wildman–Crippen MR) is 98.3 cm³/mol. The summed E-state index contributed by atoms with van der Waals surface area (Å²) in [5, 5.41) is 12.5. The van der Waals surface area contributed by atoms with Crippen molar-refractivity contribution in [3.8, 4) is 0 Å². The van der Waals surface area contributed by atoms with E-state index >= 15 is 0 Å². The van der Waals surface area contributed by atoms with Crippen LogP contribution in [-0.4, -0.2) is 49.9 Å². The fourth-order valence-electron chi connectivity index (χ4n) is 3.22. The van der Waals surface area contributed by atoms with Gasteiger partial charge in [0.05, 0.1) is 12.3 Å². The smallest absolute Gasteiger partial charge is 0.233 e. The van der Waals surface area contributed by atoms with Gasteiger partial charge >= 0.3 is 0 Å². The maximum absolute atomic E-state index is 12.5. The number of carbonyl (C=O) groups is 1. The van der Waals surface area contributed by atoms with Crippen LogP contribution in [0, 0.1) is 5.92 Å². The average Bonchev–Trinajstić information content (AvgIpc) is 3.07. The zero-order valence-corrected chi connectivity index (χ0v) is 15.7. The third-order valence-electron chi connectivity index (χ3n) is 4.93. The van der Waals surface area contributed by atoms with Crippen LogP contribution in [0.3, 0.4) is 0 Å². The van der Waals surface area contributed by atoms with Gasteiger partial charge in [0.25, 0.3) is 0 Å². The summed E-state index contributed by atoms with van der Waals surface area (Å²) in [6, 6.07) is 10.4. The zero-order chi connectivity index (χ0) is 17.6. The topological polar surface area (TPSA) is 63.9 Å². The monoisotopic (exact) mass is 359 g/mol. The van der Waals surface area contributed by atoms with E-state index in [2.05, 4.69) is 22.4 Å². The Labute approximate surface area is 153 Å². The van der Waals surface area contributed by atoms with Crippen LogP contribution in [0.4, 0.5) is 0 Å². The molecule has 6 nitrogen and oxygen atoms in total. The summed E-state index contributed by atoms with van der Waals surface area (Å²) in [5.41, 5.74) is 1.14. The number of benzene rings is 1. The second kappa shape index (κ2) is 8.47. The Morgan fingerprint density at radius 3 is 2.68 bits per heavy atom. The lowest BCUT2D eigenvalue weighted by molar-refractivity contribution is -0.129. The van der Waals surface area contributed by atoms with Gasteiger partial charge in [-0.3, -0.25) is 4.79 Å². The summed E-state index contributed by atoms with van der Waals surface area (Å²) < 4.78 is 1.75. The molecule has 0 unspecified atom stereocenters. The van der Waals surface area contributed by atoms with Crippen molar-refractivity contribution in [2.75, 3.05) is 12.8 Å². The molecule has 1 saturated carbocycles. The lowest BCUT2D eigenvalue weighted by Crippen LogP contribution is -2.40. The molecule has 0 radical (unpaired) electrons. The summed E-state index contributed by atoms with van der Waals surface area (Å²) in [6.07, 6.45) is 4.65. The molecule has 1 aromatic carbocycles. The van der Waals surface area contributed by atoms with Crippen molar-refractivity contribution >= 4 is 17.7 Å². The van der Waals surface area contributed by atoms with Gasteiger partial charge in [-0.2, -0.15) is 0 Å². The van der Waals surface area contributed by atoms with E-state index in [0.717, 1.165) is 24.3 Å². The van der Waals surface area contributed by atoms with Gasteiger partial charge in [0.1, 0.15) is 0 Å². The maximum Gasteiger partial charge on any atom is 0.233 e. The number of amides is 1. The Kier molecular flexibility index (Phi) is 6.07. The van der Waals surface area contributed by atoms with Crippen molar-refractivity contribution in [3.05, 3.63) is 35.9 Å². The van der Waals surface area contributed by atoms with E-state index in [-0.39, 0.29) is 5.91 Å². The highest BCUT2D eigenvalue weighted by Crippen LogP contribution is 2.27.